The van der Waals surface area contributed by atoms with Gasteiger partial charge in [-0.1, -0.05) is 33.1 Å². The predicted octanol–water partition coefficient (Wildman–Crippen LogP) is 3.68. The molecule has 0 amide bonds. The second-order valence-corrected chi connectivity index (χ2v) is 5.88. The Hall–Kier alpha value is -0.610. The van der Waals surface area contributed by atoms with E-state index in [9.17, 15) is 4.79 Å². The van der Waals surface area contributed by atoms with Crippen molar-refractivity contribution >= 4 is 5.97 Å². The monoisotopic (exact) mass is 301 g/mol. The average Bonchev–Trinajstić information content (AvgIpc) is 2.50. The Balaban J connectivity index is 3.76. The SMILES string of the molecule is CCCCCCOCCCCC(C)(NCCC)C(=O)OC. The van der Waals surface area contributed by atoms with Crippen LogP contribution in [0.15, 0.2) is 0 Å². The van der Waals surface area contributed by atoms with Crippen LogP contribution in [0, 0.1) is 0 Å². The highest BCUT2D eigenvalue weighted by Crippen LogP contribution is 2.16. The first kappa shape index (κ1) is 20.4. The molecule has 0 bridgehead atoms. The lowest BCUT2D eigenvalue weighted by molar-refractivity contribution is -0.148. The first-order chi connectivity index (χ1) is 10.1. The standard InChI is InChI=1S/C17H35NO3/c1-5-7-8-10-14-21-15-11-9-12-17(3,16(19)20-4)18-13-6-2/h18H,5-15H2,1-4H3. The molecule has 0 aliphatic heterocycles. The summed E-state index contributed by atoms with van der Waals surface area (Å²) in [6, 6.07) is 0. The van der Waals surface area contributed by atoms with Gasteiger partial charge in [0.05, 0.1) is 7.11 Å². The molecule has 4 heteroatoms. The number of rotatable bonds is 14. The summed E-state index contributed by atoms with van der Waals surface area (Å²) in [6.07, 6.45) is 8.74. The van der Waals surface area contributed by atoms with Crippen LogP contribution in [-0.2, 0) is 14.3 Å². The maximum absolute atomic E-state index is 11.9. The minimum Gasteiger partial charge on any atom is -0.468 e. The predicted molar refractivity (Wildman–Crippen MR) is 87.5 cm³/mol. The summed E-state index contributed by atoms with van der Waals surface area (Å²) in [6.45, 7) is 8.72. The molecular formula is C17H35NO3. The summed E-state index contributed by atoms with van der Waals surface area (Å²) in [5.41, 5.74) is -0.564. The third kappa shape index (κ3) is 9.86. The van der Waals surface area contributed by atoms with Crippen molar-refractivity contribution in [2.45, 2.75) is 77.7 Å². The number of esters is 1. The molecule has 0 aromatic carbocycles. The van der Waals surface area contributed by atoms with E-state index in [0.29, 0.717) is 0 Å². The van der Waals surface area contributed by atoms with Crippen LogP contribution in [0.1, 0.15) is 72.1 Å². The van der Waals surface area contributed by atoms with Crippen molar-refractivity contribution in [2.24, 2.45) is 0 Å². The number of carbonyl (C=O) groups excluding carboxylic acids is 1. The van der Waals surface area contributed by atoms with Crippen molar-refractivity contribution in [2.75, 3.05) is 26.9 Å². The molecule has 0 radical (unpaired) electrons. The van der Waals surface area contributed by atoms with E-state index in [1.165, 1.54) is 26.4 Å². The normalized spacial score (nSPS) is 13.9. The van der Waals surface area contributed by atoms with Gasteiger partial charge in [0.2, 0.25) is 0 Å². The van der Waals surface area contributed by atoms with Crippen molar-refractivity contribution in [1.29, 1.82) is 0 Å². The van der Waals surface area contributed by atoms with Crippen LogP contribution in [0.5, 0.6) is 0 Å². The Kier molecular flexibility index (Phi) is 12.7. The zero-order valence-corrected chi connectivity index (χ0v) is 14.5. The summed E-state index contributed by atoms with van der Waals surface area (Å²) in [5, 5.41) is 3.31. The minimum atomic E-state index is -0.564. The Morgan fingerprint density at radius 3 is 2.24 bits per heavy atom. The van der Waals surface area contributed by atoms with E-state index in [0.717, 1.165) is 51.9 Å². The molecule has 4 nitrogen and oxygen atoms in total. The average molecular weight is 301 g/mol. The second-order valence-electron chi connectivity index (χ2n) is 5.88. The van der Waals surface area contributed by atoms with Crippen molar-refractivity contribution < 1.29 is 14.3 Å². The number of unbranched alkanes of at least 4 members (excludes halogenated alkanes) is 4. The Morgan fingerprint density at radius 2 is 1.67 bits per heavy atom. The van der Waals surface area contributed by atoms with E-state index in [1.807, 2.05) is 6.92 Å². The fraction of sp³-hybridized carbons (Fsp3) is 0.941. The summed E-state index contributed by atoms with van der Waals surface area (Å²) >= 11 is 0. The minimum absolute atomic E-state index is 0.170. The highest BCUT2D eigenvalue weighted by atomic mass is 16.5. The van der Waals surface area contributed by atoms with Crippen molar-refractivity contribution in [1.82, 2.24) is 5.32 Å². The molecule has 126 valence electrons. The summed E-state index contributed by atoms with van der Waals surface area (Å²) in [5.74, 6) is -0.170. The van der Waals surface area contributed by atoms with Crippen LogP contribution < -0.4 is 5.32 Å². The molecule has 0 aromatic heterocycles. The van der Waals surface area contributed by atoms with Gasteiger partial charge in [-0.25, -0.2) is 0 Å². The van der Waals surface area contributed by atoms with Gasteiger partial charge in [-0.05, 0) is 45.6 Å². The van der Waals surface area contributed by atoms with Gasteiger partial charge in [0.15, 0.2) is 0 Å². The van der Waals surface area contributed by atoms with Crippen LogP contribution in [0.25, 0.3) is 0 Å². The molecular weight excluding hydrogens is 266 g/mol. The Bertz CT molecular complexity index is 258. The number of hydrogen-bond donors (Lipinski definition) is 1. The molecule has 1 unspecified atom stereocenters. The topological polar surface area (TPSA) is 47.6 Å². The first-order valence-electron chi connectivity index (χ1n) is 8.52. The second kappa shape index (κ2) is 13.1. The smallest absolute Gasteiger partial charge is 0.325 e. The van der Waals surface area contributed by atoms with Gasteiger partial charge in [0, 0.05) is 13.2 Å². The van der Waals surface area contributed by atoms with Gasteiger partial charge in [-0.3, -0.25) is 4.79 Å². The first-order valence-corrected chi connectivity index (χ1v) is 8.52. The van der Waals surface area contributed by atoms with Gasteiger partial charge in [0.25, 0.3) is 0 Å². The van der Waals surface area contributed by atoms with Crippen molar-refractivity contribution in [3.63, 3.8) is 0 Å². The van der Waals surface area contributed by atoms with E-state index < -0.39 is 5.54 Å². The molecule has 0 fully saturated rings. The Morgan fingerprint density at radius 1 is 1.00 bits per heavy atom. The summed E-state index contributed by atoms with van der Waals surface area (Å²) in [7, 11) is 1.45. The van der Waals surface area contributed by atoms with Gasteiger partial charge in [-0.15, -0.1) is 0 Å². The highest BCUT2D eigenvalue weighted by molar-refractivity contribution is 5.80. The van der Waals surface area contributed by atoms with Gasteiger partial charge >= 0.3 is 5.97 Å². The lowest BCUT2D eigenvalue weighted by atomic mass is 9.94. The molecule has 0 spiro atoms. The third-order valence-corrected chi connectivity index (χ3v) is 3.76. The Labute approximate surface area is 131 Å². The lowest BCUT2D eigenvalue weighted by Crippen LogP contribution is -2.50. The molecule has 1 atom stereocenters. The molecule has 0 saturated carbocycles. The molecule has 1 N–H and O–H groups in total. The lowest BCUT2D eigenvalue weighted by Gasteiger charge is -2.28. The summed E-state index contributed by atoms with van der Waals surface area (Å²) in [4.78, 5) is 11.9. The largest absolute Gasteiger partial charge is 0.468 e. The van der Waals surface area contributed by atoms with Crippen LogP contribution >= 0.6 is 0 Å². The van der Waals surface area contributed by atoms with Crippen LogP contribution in [0.4, 0.5) is 0 Å². The van der Waals surface area contributed by atoms with E-state index in [2.05, 4.69) is 19.2 Å². The van der Waals surface area contributed by atoms with Crippen LogP contribution in [0.2, 0.25) is 0 Å². The molecule has 0 aromatic rings. The van der Waals surface area contributed by atoms with E-state index in [4.69, 9.17) is 9.47 Å². The molecule has 0 aliphatic carbocycles. The quantitative estimate of drug-likeness (QED) is 0.393. The van der Waals surface area contributed by atoms with E-state index in [-0.39, 0.29) is 5.97 Å². The number of carbonyl (C=O) groups is 1. The third-order valence-electron chi connectivity index (χ3n) is 3.76. The molecule has 0 heterocycles. The van der Waals surface area contributed by atoms with Gasteiger partial charge < -0.3 is 14.8 Å². The van der Waals surface area contributed by atoms with E-state index in [1.54, 1.807) is 0 Å². The number of nitrogens with one attached hydrogen (secondary N) is 1. The molecule has 0 aliphatic rings. The zero-order chi connectivity index (χ0) is 16.0. The number of ether oxygens (including phenoxy) is 2. The van der Waals surface area contributed by atoms with Crippen molar-refractivity contribution in [3.05, 3.63) is 0 Å². The molecule has 0 rings (SSSR count). The maximum Gasteiger partial charge on any atom is 0.325 e. The highest BCUT2D eigenvalue weighted by Gasteiger charge is 2.32. The maximum atomic E-state index is 11.9. The number of methoxy groups -OCH3 is 1. The van der Waals surface area contributed by atoms with Crippen molar-refractivity contribution in [3.8, 4) is 0 Å². The van der Waals surface area contributed by atoms with Gasteiger partial charge in [-0.2, -0.15) is 0 Å². The zero-order valence-electron chi connectivity index (χ0n) is 14.5. The van der Waals surface area contributed by atoms with Crippen LogP contribution in [0.3, 0.4) is 0 Å². The van der Waals surface area contributed by atoms with Crippen LogP contribution in [-0.4, -0.2) is 38.4 Å². The van der Waals surface area contributed by atoms with E-state index >= 15 is 0 Å². The molecule has 21 heavy (non-hydrogen) atoms. The van der Waals surface area contributed by atoms with Gasteiger partial charge in [0.1, 0.15) is 5.54 Å². The summed E-state index contributed by atoms with van der Waals surface area (Å²) < 4.78 is 10.5. The molecule has 0 saturated heterocycles. The fourth-order valence-corrected chi connectivity index (χ4v) is 2.30. The fourth-order valence-electron chi connectivity index (χ4n) is 2.30. The number of hydrogen-bond acceptors (Lipinski definition) is 4.